The molecule has 2 fully saturated rings. The maximum atomic E-state index is 13.4. The summed E-state index contributed by atoms with van der Waals surface area (Å²) in [5.74, 6) is -1.05. The van der Waals surface area contributed by atoms with Gasteiger partial charge in [-0.25, -0.2) is 4.79 Å². The molecular formula is C31H37NO9. The largest absolute Gasteiger partial charge is 0.483 e. The van der Waals surface area contributed by atoms with Gasteiger partial charge in [0.2, 0.25) is 0 Å². The number of hydrogen-bond acceptors (Lipinski definition) is 10. The molecule has 0 saturated heterocycles. The summed E-state index contributed by atoms with van der Waals surface area (Å²) in [6, 6.07) is 5.26. The van der Waals surface area contributed by atoms with E-state index in [1.807, 2.05) is 13.8 Å². The van der Waals surface area contributed by atoms with Crippen molar-refractivity contribution in [1.82, 2.24) is 4.98 Å². The number of aromatic nitrogens is 1. The Kier molecular flexibility index (Phi) is 7.24. The molecule has 2 aliphatic carbocycles. The standard InChI is InChI=1S/C31H37NO9/c1-17(33)37-16-30(5)24-14-27(39-19(3)35)31(6)25(29(24,4)10-9-26(30)38-18(2)34)12-21-23(41-31)13-22(40-28(21)36)20-8-7-11-32-15-20/h7-8,11,13,15,24-27H,9-10,12,14,16H2,1-6H3. The van der Waals surface area contributed by atoms with Gasteiger partial charge in [0.25, 0.3) is 0 Å². The van der Waals surface area contributed by atoms with Gasteiger partial charge in [0, 0.05) is 56.1 Å². The number of hydrogen-bond donors (Lipinski definition) is 0. The average molecular weight is 568 g/mol. The third-order valence-corrected chi connectivity index (χ3v) is 9.75. The van der Waals surface area contributed by atoms with Crippen LogP contribution in [0.25, 0.3) is 11.3 Å². The van der Waals surface area contributed by atoms with Crippen molar-refractivity contribution in [3.05, 3.63) is 46.6 Å². The molecule has 0 N–H and O–H groups in total. The number of pyridine rings is 1. The molecule has 0 radical (unpaired) electrons. The fourth-order valence-corrected chi connectivity index (χ4v) is 7.85. The molecule has 2 aromatic heterocycles. The number of ether oxygens (including phenoxy) is 4. The molecule has 3 heterocycles. The van der Waals surface area contributed by atoms with Gasteiger partial charge in [0.15, 0.2) is 0 Å². The Bertz CT molecular complexity index is 1420. The van der Waals surface area contributed by atoms with E-state index in [9.17, 15) is 19.2 Å². The van der Waals surface area contributed by atoms with Gasteiger partial charge in [-0.05, 0) is 56.1 Å². The van der Waals surface area contributed by atoms with E-state index < -0.39 is 52.2 Å². The zero-order valence-electron chi connectivity index (χ0n) is 24.4. The molecular weight excluding hydrogens is 530 g/mol. The number of esters is 3. The predicted molar refractivity (Wildman–Crippen MR) is 146 cm³/mol. The summed E-state index contributed by atoms with van der Waals surface area (Å²) >= 11 is 0. The summed E-state index contributed by atoms with van der Waals surface area (Å²) in [6.45, 7) is 10.2. The van der Waals surface area contributed by atoms with Crippen molar-refractivity contribution >= 4 is 17.9 Å². The molecule has 0 amide bonds. The van der Waals surface area contributed by atoms with E-state index in [4.69, 9.17) is 23.4 Å². The molecule has 220 valence electrons. The first-order valence-electron chi connectivity index (χ1n) is 14.0. The molecule has 1 aliphatic heterocycles. The Morgan fingerprint density at radius 2 is 1.73 bits per heavy atom. The highest BCUT2D eigenvalue weighted by Crippen LogP contribution is 2.65. The quantitative estimate of drug-likeness (QED) is 0.381. The number of rotatable bonds is 5. The molecule has 10 heteroatoms. The number of nitrogens with zero attached hydrogens (tertiary/aromatic N) is 1. The van der Waals surface area contributed by atoms with Crippen LogP contribution in [-0.2, 0) is 35.0 Å². The van der Waals surface area contributed by atoms with Crippen molar-refractivity contribution in [2.24, 2.45) is 22.7 Å². The Morgan fingerprint density at radius 1 is 1.02 bits per heavy atom. The highest BCUT2D eigenvalue weighted by molar-refractivity contribution is 5.67. The average Bonchev–Trinajstić information content (AvgIpc) is 2.90. The Morgan fingerprint density at radius 3 is 2.37 bits per heavy atom. The maximum Gasteiger partial charge on any atom is 0.343 e. The molecule has 0 bridgehead atoms. The van der Waals surface area contributed by atoms with Gasteiger partial charge in [-0.1, -0.05) is 13.8 Å². The van der Waals surface area contributed by atoms with Crippen molar-refractivity contribution in [1.29, 1.82) is 0 Å². The van der Waals surface area contributed by atoms with Crippen LogP contribution in [0.3, 0.4) is 0 Å². The zero-order chi connectivity index (χ0) is 29.7. The van der Waals surface area contributed by atoms with E-state index in [0.29, 0.717) is 48.3 Å². The molecule has 2 aromatic rings. The van der Waals surface area contributed by atoms with E-state index in [2.05, 4.69) is 11.9 Å². The monoisotopic (exact) mass is 567 g/mol. The zero-order valence-corrected chi connectivity index (χ0v) is 24.4. The first-order valence-corrected chi connectivity index (χ1v) is 14.0. The molecule has 7 unspecified atom stereocenters. The predicted octanol–water partition coefficient (Wildman–Crippen LogP) is 4.26. The Hall–Kier alpha value is -3.69. The van der Waals surface area contributed by atoms with E-state index in [-0.39, 0.29) is 18.4 Å². The van der Waals surface area contributed by atoms with Gasteiger partial charge in [-0.2, -0.15) is 0 Å². The van der Waals surface area contributed by atoms with Gasteiger partial charge in [-0.3, -0.25) is 19.4 Å². The van der Waals surface area contributed by atoms with Crippen molar-refractivity contribution in [3.8, 4) is 17.1 Å². The number of carbonyl (C=O) groups is 3. The summed E-state index contributed by atoms with van der Waals surface area (Å²) in [5, 5.41) is 0. The van der Waals surface area contributed by atoms with Crippen LogP contribution in [0.2, 0.25) is 0 Å². The van der Waals surface area contributed by atoms with Crippen LogP contribution < -0.4 is 10.4 Å². The van der Waals surface area contributed by atoms with Crippen molar-refractivity contribution in [2.75, 3.05) is 6.61 Å². The minimum atomic E-state index is -0.972. The Labute approximate surface area is 238 Å². The number of fused-ring (bicyclic) bond motifs is 4. The lowest BCUT2D eigenvalue weighted by atomic mass is 9.43. The second kappa shape index (κ2) is 10.3. The SMILES string of the molecule is CC(=O)OCC1(C)C(OC(C)=O)CCC2(C)C1CC(OC(C)=O)C1(C)Oc3cc(-c4cccnc4)oc(=O)c3CC21. The fourth-order valence-electron chi connectivity index (χ4n) is 7.85. The van der Waals surface area contributed by atoms with Gasteiger partial charge < -0.3 is 23.4 Å². The summed E-state index contributed by atoms with van der Waals surface area (Å²) in [4.78, 5) is 53.9. The molecule has 0 aromatic carbocycles. The van der Waals surface area contributed by atoms with Crippen LogP contribution in [0.4, 0.5) is 0 Å². The van der Waals surface area contributed by atoms with Crippen LogP contribution >= 0.6 is 0 Å². The van der Waals surface area contributed by atoms with Gasteiger partial charge in [-0.15, -0.1) is 0 Å². The normalized spacial score (nSPS) is 33.7. The van der Waals surface area contributed by atoms with Gasteiger partial charge in [0.1, 0.15) is 35.9 Å². The molecule has 0 spiro atoms. The lowest BCUT2D eigenvalue weighted by Crippen LogP contribution is -2.70. The van der Waals surface area contributed by atoms with Crippen LogP contribution in [0.1, 0.15) is 66.4 Å². The molecule has 10 nitrogen and oxygen atoms in total. The second-order valence-corrected chi connectivity index (χ2v) is 12.3. The first kappa shape index (κ1) is 28.8. The minimum absolute atomic E-state index is 0.0326. The summed E-state index contributed by atoms with van der Waals surface area (Å²) in [5.41, 5.74) is -1.63. The number of carbonyl (C=O) groups excluding carboxylic acids is 3. The Balaban J connectivity index is 1.62. The highest BCUT2D eigenvalue weighted by atomic mass is 16.6. The van der Waals surface area contributed by atoms with E-state index in [1.54, 1.807) is 30.6 Å². The van der Waals surface area contributed by atoms with Gasteiger partial charge >= 0.3 is 23.5 Å². The first-order chi connectivity index (χ1) is 19.3. The molecule has 7 atom stereocenters. The third-order valence-electron chi connectivity index (χ3n) is 9.75. The van der Waals surface area contributed by atoms with Crippen LogP contribution in [0, 0.1) is 22.7 Å². The maximum absolute atomic E-state index is 13.4. The highest BCUT2D eigenvalue weighted by Gasteiger charge is 2.68. The molecule has 5 rings (SSSR count). The molecule has 3 aliphatic rings. The summed E-state index contributed by atoms with van der Waals surface area (Å²) in [7, 11) is 0. The van der Waals surface area contributed by atoms with Crippen molar-refractivity contribution in [3.63, 3.8) is 0 Å². The van der Waals surface area contributed by atoms with Crippen LogP contribution in [0.15, 0.2) is 39.8 Å². The van der Waals surface area contributed by atoms with E-state index in [1.165, 1.54) is 20.8 Å². The molecule has 41 heavy (non-hydrogen) atoms. The van der Waals surface area contributed by atoms with Crippen LogP contribution in [-0.4, -0.2) is 47.3 Å². The van der Waals surface area contributed by atoms with Crippen LogP contribution in [0.5, 0.6) is 5.75 Å². The lowest BCUT2D eigenvalue weighted by Gasteiger charge is -2.65. The fraction of sp³-hybridized carbons (Fsp3) is 0.581. The summed E-state index contributed by atoms with van der Waals surface area (Å²) in [6.07, 6.45) is 3.99. The van der Waals surface area contributed by atoms with Crippen molar-refractivity contribution < 1.29 is 37.7 Å². The third kappa shape index (κ3) is 4.91. The minimum Gasteiger partial charge on any atom is -0.483 e. The van der Waals surface area contributed by atoms with Crippen molar-refractivity contribution in [2.45, 2.75) is 85.0 Å². The van der Waals surface area contributed by atoms with Gasteiger partial charge in [0.05, 0.1) is 5.56 Å². The summed E-state index contributed by atoms with van der Waals surface area (Å²) < 4.78 is 29.8. The van der Waals surface area contributed by atoms with E-state index >= 15 is 0 Å². The lowest BCUT2D eigenvalue weighted by molar-refractivity contribution is -0.251. The smallest absolute Gasteiger partial charge is 0.343 e. The topological polar surface area (TPSA) is 131 Å². The second-order valence-electron chi connectivity index (χ2n) is 12.3. The molecule has 2 saturated carbocycles. The van der Waals surface area contributed by atoms with E-state index in [0.717, 1.165) is 0 Å².